The van der Waals surface area contributed by atoms with Gasteiger partial charge in [0.2, 0.25) is 5.55 Å². The zero-order valence-corrected chi connectivity index (χ0v) is 20.8. The first-order valence-corrected chi connectivity index (χ1v) is 11.2. The number of ether oxygens (including phenoxy) is 3. The van der Waals surface area contributed by atoms with Crippen LogP contribution in [0.15, 0.2) is 58.1 Å². The van der Waals surface area contributed by atoms with E-state index in [0.717, 1.165) is 0 Å². The Bertz CT molecular complexity index is 1520. The average molecular weight is 510 g/mol. The quantitative estimate of drug-likeness (QED) is 0.368. The van der Waals surface area contributed by atoms with E-state index >= 15 is 0 Å². The van der Waals surface area contributed by atoms with Gasteiger partial charge in [0.25, 0.3) is 5.91 Å². The minimum atomic E-state index is -0.512. The van der Waals surface area contributed by atoms with Gasteiger partial charge in [0.05, 0.1) is 39.3 Å². The van der Waals surface area contributed by atoms with Gasteiger partial charge in [-0.2, -0.15) is 0 Å². The molecule has 2 N–H and O–H groups in total. The molecule has 2 heterocycles. The molecule has 9 nitrogen and oxygen atoms in total. The van der Waals surface area contributed by atoms with Crippen LogP contribution in [0.4, 0.5) is 11.4 Å². The third-order valence-electron chi connectivity index (χ3n) is 5.49. The van der Waals surface area contributed by atoms with Gasteiger partial charge in [-0.1, -0.05) is 11.6 Å². The minimum Gasteiger partial charge on any atom is -0.497 e. The van der Waals surface area contributed by atoms with Gasteiger partial charge in [-0.25, -0.2) is 4.99 Å². The zero-order valence-electron chi connectivity index (χ0n) is 20.1. The Morgan fingerprint density at radius 2 is 1.86 bits per heavy atom. The van der Waals surface area contributed by atoms with Crippen LogP contribution in [0.1, 0.15) is 21.6 Å². The molecule has 0 saturated carbocycles. The number of aryl methyl sites for hydroxylation is 1. The fourth-order valence-corrected chi connectivity index (χ4v) is 3.78. The van der Waals surface area contributed by atoms with Crippen LogP contribution >= 0.6 is 11.6 Å². The molecule has 2 aromatic carbocycles. The number of benzene rings is 2. The number of halogens is 1. The first-order chi connectivity index (χ1) is 17.4. The van der Waals surface area contributed by atoms with Crippen molar-refractivity contribution in [3.63, 3.8) is 0 Å². The Balaban J connectivity index is 1.94. The second-order valence-electron chi connectivity index (χ2n) is 7.68. The average Bonchev–Trinajstić information content (AvgIpc) is 2.89. The molecule has 0 aliphatic rings. The molecule has 0 fully saturated rings. The SMILES string of the molecule is COc1ccc(NC(=O)c2cc3c(CO)cnc(C)c3oc2=Nc2cc(Cl)ccc2OC)c(OC)c1. The molecule has 186 valence electrons. The topological polar surface area (TPSA) is 115 Å². The summed E-state index contributed by atoms with van der Waals surface area (Å²) >= 11 is 6.18. The van der Waals surface area contributed by atoms with Crippen molar-refractivity contribution in [2.24, 2.45) is 4.99 Å². The summed E-state index contributed by atoms with van der Waals surface area (Å²) < 4.78 is 22.1. The molecule has 4 rings (SSSR count). The lowest BCUT2D eigenvalue weighted by atomic mass is 10.1. The summed E-state index contributed by atoms with van der Waals surface area (Å²) in [6, 6.07) is 11.6. The van der Waals surface area contributed by atoms with E-state index in [1.807, 2.05) is 0 Å². The van der Waals surface area contributed by atoms with E-state index in [-0.39, 0.29) is 17.7 Å². The van der Waals surface area contributed by atoms with Crippen LogP contribution in [-0.2, 0) is 6.61 Å². The van der Waals surface area contributed by atoms with Crippen LogP contribution < -0.4 is 25.1 Å². The third kappa shape index (κ3) is 4.98. The highest BCUT2D eigenvalue weighted by atomic mass is 35.5. The van der Waals surface area contributed by atoms with E-state index in [0.29, 0.717) is 55.9 Å². The predicted molar refractivity (Wildman–Crippen MR) is 135 cm³/mol. The molecule has 4 aromatic rings. The molecule has 0 spiro atoms. The van der Waals surface area contributed by atoms with Gasteiger partial charge >= 0.3 is 0 Å². The van der Waals surface area contributed by atoms with Crippen LogP contribution in [0.3, 0.4) is 0 Å². The van der Waals surface area contributed by atoms with Crippen LogP contribution in [0.25, 0.3) is 11.0 Å². The van der Waals surface area contributed by atoms with Gasteiger partial charge in [0, 0.05) is 28.2 Å². The summed E-state index contributed by atoms with van der Waals surface area (Å²) in [5.41, 5.74) is 2.37. The van der Waals surface area contributed by atoms with E-state index in [9.17, 15) is 9.90 Å². The first-order valence-electron chi connectivity index (χ1n) is 10.8. The van der Waals surface area contributed by atoms with Crippen molar-refractivity contribution < 1.29 is 28.5 Å². The number of anilines is 1. The van der Waals surface area contributed by atoms with Crippen LogP contribution in [0.5, 0.6) is 17.2 Å². The summed E-state index contributed by atoms with van der Waals surface area (Å²) in [4.78, 5) is 22.4. The van der Waals surface area contributed by atoms with Gasteiger partial charge in [-0.15, -0.1) is 0 Å². The van der Waals surface area contributed by atoms with Gasteiger partial charge < -0.3 is 29.1 Å². The number of hydrogen-bond acceptors (Lipinski definition) is 8. The number of carbonyl (C=O) groups is 1. The number of carbonyl (C=O) groups excluding carboxylic acids is 1. The molecule has 0 atom stereocenters. The maximum absolute atomic E-state index is 13.5. The molecule has 0 bridgehead atoms. The molecule has 0 aliphatic heterocycles. The number of nitrogens with zero attached hydrogens (tertiary/aromatic N) is 2. The van der Waals surface area contributed by atoms with E-state index in [2.05, 4.69) is 15.3 Å². The van der Waals surface area contributed by atoms with Gasteiger partial charge in [-0.05, 0) is 43.3 Å². The van der Waals surface area contributed by atoms with Crippen LogP contribution in [0, 0.1) is 6.92 Å². The fourth-order valence-electron chi connectivity index (χ4n) is 3.61. The number of aromatic nitrogens is 1. The molecule has 1 amide bonds. The number of methoxy groups -OCH3 is 3. The Hall–Kier alpha value is -4.08. The maximum Gasteiger partial charge on any atom is 0.261 e. The molecule has 0 saturated heterocycles. The molecule has 36 heavy (non-hydrogen) atoms. The highest BCUT2D eigenvalue weighted by Crippen LogP contribution is 2.31. The van der Waals surface area contributed by atoms with Gasteiger partial charge in [0.15, 0.2) is 5.58 Å². The largest absolute Gasteiger partial charge is 0.497 e. The number of nitrogens with one attached hydrogen (secondary N) is 1. The Kier molecular flexibility index (Phi) is 7.42. The van der Waals surface area contributed by atoms with Crippen LogP contribution in [-0.4, -0.2) is 37.3 Å². The van der Waals surface area contributed by atoms with Crippen molar-refractivity contribution in [3.05, 3.63) is 76.1 Å². The minimum absolute atomic E-state index is 0.00744. The lowest BCUT2D eigenvalue weighted by Crippen LogP contribution is -2.22. The summed E-state index contributed by atoms with van der Waals surface area (Å²) in [6.45, 7) is 1.48. The molecule has 0 unspecified atom stereocenters. The van der Waals surface area contributed by atoms with Gasteiger partial charge in [0.1, 0.15) is 28.5 Å². The number of rotatable bonds is 7. The van der Waals surface area contributed by atoms with E-state index in [1.54, 1.807) is 49.4 Å². The maximum atomic E-state index is 13.5. The lowest BCUT2D eigenvalue weighted by Gasteiger charge is -2.13. The second kappa shape index (κ2) is 10.7. The summed E-state index contributed by atoms with van der Waals surface area (Å²) in [5, 5.41) is 13.7. The normalized spacial score (nSPS) is 11.4. The van der Waals surface area contributed by atoms with E-state index < -0.39 is 5.91 Å². The summed E-state index contributed by atoms with van der Waals surface area (Å²) in [6.07, 6.45) is 1.54. The Morgan fingerprint density at radius 3 is 2.56 bits per heavy atom. The van der Waals surface area contributed by atoms with Crippen molar-refractivity contribution in [3.8, 4) is 17.2 Å². The third-order valence-corrected chi connectivity index (χ3v) is 5.72. The number of pyridine rings is 1. The molecular weight excluding hydrogens is 486 g/mol. The highest BCUT2D eigenvalue weighted by Gasteiger charge is 2.18. The van der Waals surface area contributed by atoms with E-state index in [1.165, 1.54) is 27.5 Å². The van der Waals surface area contributed by atoms with Crippen molar-refractivity contribution >= 4 is 39.9 Å². The Labute approximate surface area is 211 Å². The summed E-state index contributed by atoms with van der Waals surface area (Å²) in [7, 11) is 4.54. The predicted octanol–water partition coefficient (Wildman–Crippen LogP) is 4.79. The number of aliphatic hydroxyl groups is 1. The zero-order chi connectivity index (χ0) is 25.8. The first kappa shape index (κ1) is 25.0. The van der Waals surface area contributed by atoms with Crippen LogP contribution in [0.2, 0.25) is 5.02 Å². The monoisotopic (exact) mass is 509 g/mol. The standard InChI is InChI=1S/C26H24ClN3O6/c1-14-24-18(15(13-31)12-28-14)11-19(25(32)29-20-7-6-17(33-2)10-23(20)35-4)26(36-24)30-21-9-16(27)5-8-22(21)34-3/h5-12,31H,13H2,1-4H3,(H,29,32). The number of amides is 1. The molecular formula is C26H24ClN3O6. The second-order valence-corrected chi connectivity index (χ2v) is 8.12. The van der Waals surface area contributed by atoms with Crippen molar-refractivity contribution in [1.29, 1.82) is 0 Å². The number of fused-ring (bicyclic) bond motifs is 1. The fraction of sp³-hybridized carbons (Fsp3) is 0.192. The lowest BCUT2D eigenvalue weighted by molar-refractivity contribution is 0.102. The highest BCUT2D eigenvalue weighted by molar-refractivity contribution is 6.30. The van der Waals surface area contributed by atoms with E-state index in [4.69, 9.17) is 30.2 Å². The molecule has 10 heteroatoms. The van der Waals surface area contributed by atoms with Crippen molar-refractivity contribution in [2.45, 2.75) is 13.5 Å². The molecule has 2 aromatic heterocycles. The summed E-state index contributed by atoms with van der Waals surface area (Å²) in [5.74, 6) is 0.912. The van der Waals surface area contributed by atoms with Gasteiger partial charge in [-0.3, -0.25) is 9.78 Å². The van der Waals surface area contributed by atoms with Crippen molar-refractivity contribution in [2.75, 3.05) is 26.6 Å². The molecule has 0 radical (unpaired) electrons. The molecule has 0 aliphatic carbocycles. The Morgan fingerprint density at radius 1 is 1.08 bits per heavy atom. The number of hydrogen-bond donors (Lipinski definition) is 2. The van der Waals surface area contributed by atoms with Crippen molar-refractivity contribution in [1.82, 2.24) is 4.98 Å². The number of aliphatic hydroxyl groups excluding tert-OH is 1. The smallest absolute Gasteiger partial charge is 0.261 e.